The lowest BCUT2D eigenvalue weighted by atomic mass is 10.5. The van der Waals surface area contributed by atoms with Crippen molar-refractivity contribution in [2.45, 2.75) is 13.5 Å². The van der Waals surface area contributed by atoms with E-state index in [2.05, 4.69) is 9.97 Å². The first kappa shape index (κ1) is 10.2. The van der Waals surface area contributed by atoms with Crippen LogP contribution in [0.15, 0.2) is 24.5 Å². The van der Waals surface area contributed by atoms with E-state index in [9.17, 15) is 0 Å². The number of ether oxygens (including phenoxy) is 1. The van der Waals surface area contributed by atoms with Gasteiger partial charge in [0.1, 0.15) is 5.15 Å². The van der Waals surface area contributed by atoms with Gasteiger partial charge in [-0.1, -0.05) is 23.8 Å². The fraction of sp³-hybridized carbons (Fsp3) is 0.333. The summed E-state index contributed by atoms with van der Waals surface area (Å²) in [5.74, 6) is 0. The molecule has 1 aromatic rings. The molecule has 0 amide bonds. The normalized spacial score (nSPS) is 10.9. The number of aromatic nitrogens is 2. The molecule has 0 aliphatic carbocycles. The van der Waals surface area contributed by atoms with E-state index in [4.69, 9.17) is 16.3 Å². The van der Waals surface area contributed by atoms with E-state index in [-0.39, 0.29) is 0 Å². The van der Waals surface area contributed by atoms with Gasteiger partial charge < -0.3 is 4.74 Å². The predicted octanol–water partition coefficient (Wildman–Crippen LogP) is 2.22. The third kappa shape index (κ3) is 4.01. The van der Waals surface area contributed by atoms with Crippen molar-refractivity contribution in [3.8, 4) is 0 Å². The second-order valence-electron chi connectivity index (χ2n) is 2.41. The maximum Gasteiger partial charge on any atom is 0.147 e. The number of allylic oxidation sites excluding steroid dienone is 1. The first-order chi connectivity index (χ1) is 6.33. The molecule has 0 aliphatic rings. The number of nitrogens with zero attached hydrogens (tertiary/aromatic N) is 2. The van der Waals surface area contributed by atoms with Crippen molar-refractivity contribution in [1.29, 1.82) is 0 Å². The zero-order valence-electron chi connectivity index (χ0n) is 7.40. The minimum absolute atomic E-state index is 0.400. The summed E-state index contributed by atoms with van der Waals surface area (Å²) in [7, 11) is 0. The fourth-order valence-corrected chi connectivity index (χ4v) is 0.839. The molecule has 0 N–H and O–H groups in total. The molecule has 0 radical (unpaired) electrons. The molecule has 4 heteroatoms. The molecule has 0 atom stereocenters. The minimum atomic E-state index is 0.400. The first-order valence-corrected chi connectivity index (χ1v) is 4.36. The smallest absolute Gasteiger partial charge is 0.147 e. The summed E-state index contributed by atoms with van der Waals surface area (Å²) in [4.78, 5) is 7.92. The van der Waals surface area contributed by atoms with E-state index in [0.29, 0.717) is 18.4 Å². The summed E-state index contributed by atoms with van der Waals surface area (Å²) in [5, 5.41) is 0.400. The second kappa shape index (κ2) is 5.67. The van der Waals surface area contributed by atoms with E-state index < -0.39 is 0 Å². The van der Waals surface area contributed by atoms with Crippen molar-refractivity contribution in [1.82, 2.24) is 9.97 Å². The fourth-order valence-electron chi connectivity index (χ4n) is 0.741. The van der Waals surface area contributed by atoms with Gasteiger partial charge in [0.2, 0.25) is 0 Å². The number of hydrogen-bond donors (Lipinski definition) is 0. The largest absolute Gasteiger partial charge is 0.371 e. The highest BCUT2D eigenvalue weighted by atomic mass is 35.5. The van der Waals surface area contributed by atoms with Crippen molar-refractivity contribution in [3.63, 3.8) is 0 Å². The van der Waals surface area contributed by atoms with Crippen LogP contribution in [0, 0.1) is 0 Å². The monoisotopic (exact) mass is 198 g/mol. The number of hydrogen-bond acceptors (Lipinski definition) is 3. The van der Waals surface area contributed by atoms with Crippen LogP contribution in [-0.2, 0) is 11.3 Å². The van der Waals surface area contributed by atoms with Crippen LogP contribution in [0.5, 0.6) is 0 Å². The van der Waals surface area contributed by atoms with Crippen molar-refractivity contribution < 1.29 is 4.74 Å². The van der Waals surface area contributed by atoms with Crippen LogP contribution in [0.2, 0.25) is 5.15 Å². The highest BCUT2D eigenvalue weighted by Crippen LogP contribution is 2.02. The van der Waals surface area contributed by atoms with E-state index >= 15 is 0 Å². The zero-order chi connectivity index (χ0) is 9.52. The third-order valence-electron chi connectivity index (χ3n) is 1.37. The topological polar surface area (TPSA) is 35.0 Å². The Balaban J connectivity index is 2.33. The van der Waals surface area contributed by atoms with Crippen molar-refractivity contribution in [2.24, 2.45) is 0 Å². The van der Waals surface area contributed by atoms with E-state index in [1.807, 2.05) is 19.1 Å². The molecular weight excluding hydrogens is 188 g/mol. The quantitative estimate of drug-likeness (QED) is 0.550. The molecule has 3 nitrogen and oxygen atoms in total. The van der Waals surface area contributed by atoms with Gasteiger partial charge in [0.15, 0.2) is 0 Å². The van der Waals surface area contributed by atoms with Crippen LogP contribution in [0.4, 0.5) is 0 Å². The minimum Gasteiger partial charge on any atom is -0.371 e. The van der Waals surface area contributed by atoms with Gasteiger partial charge >= 0.3 is 0 Å². The molecule has 13 heavy (non-hydrogen) atoms. The average Bonchev–Trinajstić information content (AvgIpc) is 2.15. The standard InChI is InChI=1S/C9H11ClN2O/c1-2-3-4-13-7-8-5-12-9(10)6-11-8/h2-3,5-6H,4,7H2,1H3/b3-2+. The third-order valence-corrected chi connectivity index (χ3v) is 1.57. The summed E-state index contributed by atoms with van der Waals surface area (Å²) >= 11 is 5.57. The maximum absolute atomic E-state index is 5.57. The van der Waals surface area contributed by atoms with Crippen LogP contribution < -0.4 is 0 Å². The van der Waals surface area contributed by atoms with Crippen LogP contribution >= 0.6 is 11.6 Å². The van der Waals surface area contributed by atoms with E-state index in [1.54, 1.807) is 6.20 Å². The Hall–Kier alpha value is -0.930. The van der Waals surface area contributed by atoms with Gasteiger partial charge in [-0.05, 0) is 6.92 Å². The zero-order valence-corrected chi connectivity index (χ0v) is 8.16. The molecule has 0 spiro atoms. The highest BCUT2D eigenvalue weighted by Gasteiger charge is 1.94. The Bertz CT molecular complexity index is 271. The van der Waals surface area contributed by atoms with Gasteiger partial charge in [0.05, 0.1) is 31.3 Å². The van der Waals surface area contributed by atoms with Gasteiger partial charge in [-0.25, -0.2) is 4.98 Å². The Labute approximate surface area is 82.4 Å². The highest BCUT2D eigenvalue weighted by molar-refractivity contribution is 6.29. The van der Waals surface area contributed by atoms with Crippen LogP contribution in [0.25, 0.3) is 0 Å². The van der Waals surface area contributed by atoms with Crippen LogP contribution in [-0.4, -0.2) is 16.6 Å². The van der Waals surface area contributed by atoms with Gasteiger partial charge in [0.25, 0.3) is 0 Å². The molecule has 1 aromatic heterocycles. The molecule has 0 aliphatic heterocycles. The van der Waals surface area contributed by atoms with E-state index in [0.717, 1.165) is 5.69 Å². The number of rotatable bonds is 4. The predicted molar refractivity (Wildman–Crippen MR) is 51.5 cm³/mol. The summed E-state index contributed by atoms with van der Waals surface area (Å²) in [6, 6.07) is 0. The summed E-state index contributed by atoms with van der Waals surface area (Å²) < 4.78 is 5.27. The SMILES string of the molecule is C/C=C/COCc1cnc(Cl)cn1. The Morgan fingerprint density at radius 1 is 1.46 bits per heavy atom. The van der Waals surface area contributed by atoms with Gasteiger partial charge in [0, 0.05) is 0 Å². The lowest BCUT2D eigenvalue weighted by molar-refractivity contribution is 0.145. The summed E-state index contributed by atoms with van der Waals surface area (Å²) in [6.45, 7) is 3.01. The van der Waals surface area contributed by atoms with Crippen LogP contribution in [0.1, 0.15) is 12.6 Å². The Kier molecular flexibility index (Phi) is 4.43. The first-order valence-electron chi connectivity index (χ1n) is 3.98. The summed E-state index contributed by atoms with van der Waals surface area (Å²) in [6.07, 6.45) is 6.99. The molecular formula is C9H11ClN2O. The van der Waals surface area contributed by atoms with Crippen molar-refractivity contribution in [2.75, 3.05) is 6.61 Å². The van der Waals surface area contributed by atoms with E-state index in [1.165, 1.54) is 6.20 Å². The lowest BCUT2D eigenvalue weighted by Gasteiger charge is -1.99. The molecule has 1 heterocycles. The maximum atomic E-state index is 5.57. The molecule has 1 rings (SSSR count). The molecule has 70 valence electrons. The lowest BCUT2D eigenvalue weighted by Crippen LogP contribution is -1.96. The molecule has 0 saturated carbocycles. The van der Waals surface area contributed by atoms with Crippen molar-refractivity contribution >= 4 is 11.6 Å². The molecule has 0 saturated heterocycles. The average molecular weight is 199 g/mol. The van der Waals surface area contributed by atoms with Gasteiger partial charge in [-0.3, -0.25) is 4.98 Å². The summed E-state index contributed by atoms with van der Waals surface area (Å²) in [5.41, 5.74) is 0.786. The Morgan fingerprint density at radius 3 is 2.92 bits per heavy atom. The molecule has 0 unspecified atom stereocenters. The second-order valence-corrected chi connectivity index (χ2v) is 2.80. The number of halogens is 1. The molecule has 0 bridgehead atoms. The van der Waals surface area contributed by atoms with Crippen molar-refractivity contribution in [3.05, 3.63) is 35.4 Å². The molecule has 0 fully saturated rings. The van der Waals surface area contributed by atoms with Gasteiger partial charge in [-0.15, -0.1) is 0 Å². The van der Waals surface area contributed by atoms with Crippen LogP contribution in [0.3, 0.4) is 0 Å². The van der Waals surface area contributed by atoms with Gasteiger partial charge in [-0.2, -0.15) is 0 Å². The molecule has 0 aromatic carbocycles. The Morgan fingerprint density at radius 2 is 2.31 bits per heavy atom.